The van der Waals surface area contributed by atoms with E-state index in [1.54, 1.807) is 19.1 Å². The summed E-state index contributed by atoms with van der Waals surface area (Å²) in [6.45, 7) is 1.73. The molecule has 0 unspecified atom stereocenters. The molecule has 0 aliphatic carbocycles. The maximum absolute atomic E-state index is 12.9. The highest BCUT2D eigenvalue weighted by atomic mass is 35.5. The van der Waals surface area contributed by atoms with Crippen molar-refractivity contribution in [3.8, 4) is 0 Å². The molecule has 0 spiro atoms. The number of nitrogens with zero attached hydrogens (tertiary/aromatic N) is 1. The van der Waals surface area contributed by atoms with E-state index in [-0.39, 0.29) is 25.1 Å². The predicted molar refractivity (Wildman–Crippen MR) is 113 cm³/mol. The quantitative estimate of drug-likeness (QED) is 0.565. The molecule has 0 saturated carbocycles. The van der Waals surface area contributed by atoms with Gasteiger partial charge in [-0.2, -0.15) is 13.2 Å². The van der Waals surface area contributed by atoms with Gasteiger partial charge in [0.1, 0.15) is 0 Å². The van der Waals surface area contributed by atoms with Crippen LogP contribution in [0.5, 0.6) is 0 Å². The van der Waals surface area contributed by atoms with Gasteiger partial charge in [0.15, 0.2) is 0 Å². The van der Waals surface area contributed by atoms with Crippen LogP contribution in [0, 0.1) is 6.92 Å². The first-order chi connectivity index (χ1) is 13.8. The summed E-state index contributed by atoms with van der Waals surface area (Å²) in [7, 11) is -3.64. The molecule has 0 aromatic heterocycles. The first kappa shape index (κ1) is 24.3. The normalized spacial score (nSPS) is 12.0. The number of benzene rings is 2. The molecular formula is C19H19Cl2F3N2O3S. The topological polar surface area (TPSA) is 66.5 Å². The standard InChI is InChI=1S/C19H19Cl2F3N2O3S/c1-12-5-6-13(20)10-17(12)26(30(2,28)29)9-3-4-18(27)25-14-7-8-16(21)15(11-14)19(22,23)24/h5-8,10-11H,3-4,9H2,1-2H3,(H,25,27). The summed E-state index contributed by atoms with van der Waals surface area (Å²) in [5.74, 6) is -0.554. The summed E-state index contributed by atoms with van der Waals surface area (Å²) >= 11 is 11.5. The van der Waals surface area contributed by atoms with Crippen LogP contribution in [0.2, 0.25) is 10.0 Å². The van der Waals surface area contributed by atoms with E-state index in [0.717, 1.165) is 22.7 Å². The number of carbonyl (C=O) groups is 1. The van der Waals surface area contributed by atoms with Gasteiger partial charge in [0.2, 0.25) is 15.9 Å². The number of alkyl halides is 3. The van der Waals surface area contributed by atoms with Crippen LogP contribution in [-0.4, -0.2) is 27.1 Å². The molecule has 0 saturated heterocycles. The number of nitrogens with one attached hydrogen (secondary N) is 1. The molecule has 0 bridgehead atoms. The third-order valence-electron chi connectivity index (χ3n) is 4.16. The van der Waals surface area contributed by atoms with Gasteiger partial charge in [-0.05, 0) is 49.2 Å². The van der Waals surface area contributed by atoms with E-state index >= 15 is 0 Å². The number of hydrogen-bond acceptors (Lipinski definition) is 3. The minimum absolute atomic E-state index is 0.00184. The van der Waals surface area contributed by atoms with Crippen LogP contribution in [0.3, 0.4) is 0 Å². The second-order valence-corrected chi connectivity index (χ2v) is 9.36. The molecule has 0 atom stereocenters. The van der Waals surface area contributed by atoms with Crippen molar-refractivity contribution in [1.82, 2.24) is 0 Å². The largest absolute Gasteiger partial charge is 0.417 e. The molecule has 30 heavy (non-hydrogen) atoms. The average molecular weight is 483 g/mol. The fourth-order valence-electron chi connectivity index (χ4n) is 2.74. The SMILES string of the molecule is Cc1ccc(Cl)cc1N(CCCC(=O)Nc1ccc(Cl)c(C(F)(F)F)c1)S(C)(=O)=O. The Labute approximate surface area is 182 Å². The maximum atomic E-state index is 12.9. The lowest BCUT2D eigenvalue weighted by atomic mass is 10.2. The molecule has 0 aliphatic rings. The summed E-state index contributed by atoms with van der Waals surface area (Å²) in [5.41, 5.74) is -0.0166. The molecule has 1 amide bonds. The average Bonchev–Trinajstić information content (AvgIpc) is 2.61. The highest BCUT2D eigenvalue weighted by Gasteiger charge is 2.33. The number of sulfonamides is 1. The van der Waals surface area contributed by atoms with Gasteiger partial charge >= 0.3 is 6.18 Å². The Balaban J connectivity index is 2.06. The third-order valence-corrected chi connectivity index (χ3v) is 5.91. The Morgan fingerprint density at radius 3 is 2.40 bits per heavy atom. The Hall–Kier alpha value is -1.97. The van der Waals surface area contributed by atoms with E-state index in [9.17, 15) is 26.4 Å². The number of anilines is 2. The number of amides is 1. The van der Waals surface area contributed by atoms with Gasteiger partial charge in [0.05, 0.1) is 22.5 Å². The summed E-state index contributed by atoms with van der Waals surface area (Å²) in [4.78, 5) is 12.1. The molecule has 1 N–H and O–H groups in total. The Morgan fingerprint density at radius 1 is 1.13 bits per heavy atom. The van der Waals surface area contributed by atoms with Gasteiger partial charge in [-0.3, -0.25) is 9.10 Å². The van der Waals surface area contributed by atoms with Gasteiger partial charge in [-0.15, -0.1) is 0 Å². The van der Waals surface area contributed by atoms with E-state index in [1.807, 2.05) is 0 Å². The van der Waals surface area contributed by atoms with Crippen molar-refractivity contribution < 1.29 is 26.4 Å². The molecule has 0 heterocycles. The fourth-order valence-corrected chi connectivity index (χ4v) is 4.15. The maximum Gasteiger partial charge on any atom is 0.417 e. The monoisotopic (exact) mass is 482 g/mol. The first-order valence-electron chi connectivity index (χ1n) is 8.69. The zero-order chi connectivity index (χ0) is 22.7. The number of rotatable bonds is 7. The lowest BCUT2D eigenvalue weighted by Gasteiger charge is -2.24. The van der Waals surface area contributed by atoms with Crippen LogP contribution >= 0.6 is 23.2 Å². The molecule has 0 radical (unpaired) electrons. The van der Waals surface area contributed by atoms with Crippen molar-refractivity contribution in [2.45, 2.75) is 25.9 Å². The number of hydrogen-bond donors (Lipinski definition) is 1. The fraction of sp³-hybridized carbons (Fsp3) is 0.316. The van der Waals surface area contributed by atoms with Crippen LogP contribution in [0.4, 0.5) is 24.5 Å². The Kier molecular flexibility index (Phi) is 7.65. The molecule has 2 rings (SSSR count). The molecule has 2 aromatic carbocycles. The zero-order valence-corrected chi connectivity index (χ0v) is 18.4. The zero-order valence-electron chi connectivity index (χ0n) is 16.1. The van der Waals surface area contributed by atoms with E-state index in [0.29, 0.717) is 16.3 Å². The first-order valence-corrected chi connectivity index (χ1v) is 11.3. The van der Waals surface area contributed by atoms with Gasteiger partial charge in [0.25, 0.3) is 0 Å². The molecular weight excluding hydrogens is 464 g/mol. The number of carbonyl (C=O) groups excluding carboxylic acids is 1. The van der Waals surface area contributed by atoms with Crippen molar-refractivity contribution in [2.75, 3.05) is 22.4 Å². The number of aryl methyl sites for hydroxylation is 1. The van der Waals surface area contributed by atoms with Gasteiger partial charge in [-0.1, -0.05) is 29.3 Å². The van der Waals surface area contributed by atoms with Crippen LogP contribution in [0.15, 0.2) is 36.4 Å². The molecule has 164 valence electrons. The van der Waals surface area contributed by atoms with Gasteiger partial charge in [0, 0.05) is 23.7 Å². The van der Waals surface area contributed by atoms with Gasteiger partial charge < -0.3 is 5.32 Å². The summed E-state index contributed by atoms with van der Waals surface area (Å²) in [6, 6.07) is 7.89. The lowest BCUT2D eigenvalue weighted by molar-refractivity contribution is -0.137. The minimum Gasteiger partial charge on any atom is -0.326 e. The Bertz CT molecular complexity index is 1040. The second-order valence-electron chi connectivity index (χ2n) is 6.61. The predicted octanol–water partition coefficient (Wildman–Crippen LogP) is 5.51. The van der Waals surface area contributed by atoms with Crippen LogP contribution in [0.25, 0.3) is 0 Å². The molecule has 5 nitrogen and oxygen atoms in total. The Morgan fingerprint density at radius 2 is 1.80 bits per heavy atom. The molecule has 2 aromatic rings. The lowest BCUT2D eigenvalue weighted by Crippen LogP contribution is -2.32. The molecule has 0 fully saturated rings. The summed E-state index contributed by atoms with van der Waals surface area (Å²) < 4.78 is 64.3. The minimum atomic E-state index is -4.65. The highest BCUT2D eigenvalue weighted by Crippen LogP contribution is 2.36. The summed E-state index contributed by atoms with van der Waals surface area (Å²) in [5, 5.41) is 2.26. The van der Waals surface area contributed by atoms with E-state index < -0.39 is 32.7 Å². The van der Waals surface area contributed by atoms with Crippen molar-refractivity contribution in [2.24, 2.45) is 0 Å². The van der Waals surface area contributed by atoms with Crippen LogP contribution < -0.4 is 9.62 Å². The van der Waals surface area contributed by atoms with Crippen LogP contribution in [-0.2, 0) is 21.0 Å². The van der Waals surface area contributed by atoms with Gasteiger partial charge in [-0.25, -0.2) is 8.42 Å². The summed E-state index contributed by atoms with van der Waals surface area (Å²) in [6.07, 6.45) is -3.57. The highest BCUT2D eigenvalue weighted by molar-refractivity contribution is 7.92. The van der Waals surface area contributed by atoms with Crippen molar-refractivity contribution in [1.29, 1.82) is 0 Å². The van der Waals surface area contributed by atoms with Crippen LogP contribution in [0.1, 0.15) is 24.0 Å². The second kappa shape index (κ2) is 9.45. The molecule has 11 heteroatoms. The van der Waals surface area contributed by atoms with E-state index in [2.05, 4.69) is 5.32 Å². The van der Waals surface area contributed by atoms with Crippen molar-refractivity contribution >= 4 is 50.5 Å². The van der Waals surface area contributed by atoms with E-state index in [4.69, 9.17) is 23.2 Å². The van der Waals surface area contributed by atoms with Crippen molar-refractivity contribution in [3.05, 3.63) is 57.6 Å². The van der Waals surface area contributed by atoms with Crippen molar-refractivity contribution in [3.63, 3.8) is 0 Å². The number of halogens is 5. The third kappa shape index (κ3) is 6.52. The van der Waals surface area contributed by atoms with E-state index in [1.165, 1.54) is 12.1 Å². The molecule has 0 aliphatic heterocycles. The smallest absolute Gasteiger partial charge is 0.326 e.